The van der Waals surface area contributed by atoms with Gasteiger partial charge in [-0.05, 0) is 29.8 Å². The number of halogens is 1. The third-order valence-corrected chi connectivity index (χ3v) is 3.43. The molecule has 0 spiro atoms. The Kier molecular flexibility index (Phi) is 4.71. The Hall–Kier alpha value is -1.57. The van der Waals surface area contributed by atoms with Crippen molar-refractivity contribution in [2.45, 2.75) is 26.4 Å². The van der Waals surface area contributed by atoms with E-state index in [0.717, 1.165) is 15.9 Å². The number of aromatic nitrogens is 2. The number of carboxylic acids is 1. The number of carboxylic acid groups (broad SMARTS) is 1. The van der Waals surface area contributed by atoms with Crippen molar-refractivity contribution in [3.05, 3.63) is 15.9 Å². The number of rotatable bonds is 4. The van der Waals surface area contributed by atoms with E-state index >= 15 is 0 Å². The molecule has 0 aliphatic rings. The lowest BCUT2D eigenvalue weighted by Crippen LogP contribution is -2.44. The van der Waals surface area contributed by atoms with Gasteiger partial charge in [0.2, 0.25) is 0 Å². The number of aliphatic carboxylic acids is 1. The Morgan fingerprint density at radius 1 is 1.56 bits per heavy atom. The summed E-state index contributed by atoms with van der Waals surface area (Å²) < 4.78 is 2.48. The summed E-state index contributed by atoms with van der Waals surface area (Å²) in [5, 5.41) is 17.7. The van der Waals surface area contributed by atoms with Gasteiger partial charge in [0.1, 0.15) is 6.04 Å². The monoisotopic (exact) mass is 318 g/mol. The van der Waals surface area contributed by atoms with Crippen molar-refractivity contribution in [1.82, 2.24) is 20.4 Å². The van der Waals surface area contributed by atoms with Gasteiger partial charge in [0.05, 0.1) is 22.4 Å². The summed E-state index contributed by atoms with van der Waals surface area (Å²) in [7, 11) is 1.77. The van der Waals surface area contributed by atoms with E-state index < -0.39 is 18.0 Å². The maximum absolute atomic E-state index is 11.4. The van der Waals surface area contributed by atoms with E-state index in [9.17, 15) is 9.59 Å². The first-order chi connectivity index (χ1) is 8.32. The van der Waals surface area contributed by atoms with E-state index in [2.05, 4.69) is 31.7 Å². The Bertz CT molecular complexity index is 472. The van der Waals surface area contributed by atoms with Crippen LogP contribution in [0.1, 0.15) is 18.3 Å². The molecule has 0 fully saturated rings. The Morgan fingerprint density at radius 2 is 2.17 bits per heavy atom. The fourth-order valence-electron chi connectivity index (χ4n) is 1.35. The average molecular weight is 319 g/mol. The standard InChI is InChI=1S/C10H15BrN4O3/c1-5-8(11)7(15(3)14-5)4-12-10(18)13-6(2)9(16)17/h6H,4H2,1-3H3,(H,16,17)(H2,12,13,18). The molecule has 100 valence electrons. The number of carbonyl (C=O) groups excluding carboxylic acids is 1. The minimum absolute atomic E-state index is 0.260. The molecule has 1 aromatic rings. The molecule has 8 heteroatoms. The van der Waals surface area contributed by atoms with Gasteiger partial charge in [0, 0.05) is 7.05 Å². The number of hydrogen-bond donors (Lipinski definition) is 3. The molecule has 1 unspecified atom stereocenters. The molecule has 1 aromatic heterocycles. The van der Waals surface area contributed by atoms with E-state index in [-0.39, 0.29) is 6.54 Å². The predicted molar refractivity (Wildman–Crippen MR) is 68.1 cm³/mol. The number of amides is 2. The molecule has 0 aromatic carbocycles. The zero-order valence-electron chi connectivity index (χ0n) is 10.3. The molecular formula is C10H15BrN4O3. The van der Waals surface area contributed by atoms with Crippen LogP contribution in [0.4, 0.5) is 4.79 Å². The highest BCUT2D eigenvalue weighted by molar-refractivity contribution is 9.10. The molecule has 3 N–H and O–H groups in total. The molecule has 0 radical (unpaired) electrons. The second kappa shape index (κ2) is 5.85. The van der Waals surface area contributed by atoms with Gasteiger partial charge in [0.25, 0.3) is 0 Å². The molecule has 1 atom stereocenters. The van der Waals surface area contributed by atoms with Crippen molar-refractivity contribution < 1.29 is 14.7 Å². The number of carbonyl (C=O) groups is 2. The molecule has 2 amide bonds. The number of nitrogens with one attached hydrogen (secondary N) is 2. The van der Waals surface area contributed by atoms with Gasteiger partial charge < -0.3 is 15.7 Å². The van der Waals surface area contributed by atoms with Gasteiger partial charge in [-0.3, -0.25) is 9.48 Å². The van der Waals surface area contributed by atoms with Crippen LogP contribution in [0.15, 0.2) is 4.47 Å². The largest absolute Gasteiger partial charge is 0.480 e. The van der Waals surface area contributed by atoms with E-state index in [1.807, 2.05) is 6.92 Å². The van der Waals surface area contributed by atoms with Crippen molar-refractivity contribution in [2.75, 3.05) is 0 Å². The minimum atomic E-state index is -1.08. The number of aryl methyl sites for hydroxylation is 2. The zero-order chi connectivity index (χ0) is 13.9. The lowest BCUT2D eigenvalue weighted by atomic mass is 10.3. The second-order valence-electron chi connectivity index (χ2n) is 3.86. The first-order valence-electron chi connectivity index (χ1n) is 5.28. The minimum Gasteiger partial charge on any atom is -0.480 e. The van der Waals surface area contributed by atoms with E-state index in [0.29, 0.717) is 0 Å². The summed E-state index contributed by atoms with van der Waals surface area (Å²) in [6.45, 7) is 3.50. The topological polar surface area (TPSA) is 96.3 Å². The molecule has 1 rings (SSSR count). The summed E-state index contributed by atoms with van der Waals surface area (Å²) >= 11 is 3.38. The molecule has 0 saturated heterocycles. The Balaban J connectivity index is 2.55. The van der Waals surface area contributed by atoms with Crippen molar-refractivity contribution in [1.29, 1.82) is 0 Å². The van der Waals surface area contributed by atoms with Gasteiger partial charge in [-0.2, -0.15) is 5.10 Å². The third kappa shape index (κ3) is 3.46. The van der Waals surface area contributed by atoms with Crippen LogP contribution in [0, 0.1) is 6.92 Å². The lowest BCUT2D eigenvalue weighted by molar-refractivity contribution is -0.138. The van der Waals surface area contributed by atoms with Gasteiger partial charge in [-0.15, -0.1) is 0 Å². The molecule has 7 nitrogen and oxygen atoms in total. The average Bonchev–Trinajstić information content (AvgIpc) is 2.51. The molecule has 1 heterocycles. The highest BCUT2D eigenvalue weighted by Crippen LogP contribution is 2.19. The predicted octanol–water partition coefficient (Wildman–Crippen LogP) is 0.763. The normalized spacial score (nSPS) is 12.0. The van der Waals surface area contributed by atoms with Crippen LogP contribution in [-0.2, 0) is 18.4 Å². The quantitative estimate of drug-likeness (QED) is 0.763. The molecular weight excluding hydrogens is 304 g/mol. The molecule has 0 aliphatic heterocycles. The smallest absolute Gasteiger partial charge is 0.325 e. The fourth-order valence-corrected chi connectivity index (χ4v) is 1.82. The molecule has 0 bridgehead atoms. The van der Waals surface area contributed by atoms with Crippen LogP contribution in [0.25, 0.3) is 0 Å². The molecule has 0 aliphatic carbocycles. The lowest BCUT2D eigenvalue weighted by Gasteiger charge is -2.11. The summed E-state index contributed by atoms with van der Waals surface area (Å²) in [4.78, 5) is 22.0. The van der Waals surface area contributed by atoms with Crippen molar-refractivity contribution >= 4 is 27.9 Å². The summed E-state index contributed by atoms with van der Waals surface area (Å²) in [6, 6.07) is -1.46. The fraction of sp³-hybridized carbons (Fsp3) is 0.500. The van der Waals surface area contributed by atoms with Crippen molar-refractivity contribution in [2.24, 2.45) is 7.05 Å². The summed E-state index contributed by atoms with van der Waals surface area (Å²) in [6.07, 6.45) is 0. The first kappa shape index (κ1) is 14.5. The van der Waals surface area contributed by atoms with Crippen LogP contribution in [0.2, 0.25) is 0 Å². The number of hydrogen-bond acceptors (Lipinski definition) is 3. The van der Waals surface area contributed by atoms with Gasteiger partial charge in [0.15, 0.2) is 0 Å². The van der Waals surface area contributed by atoms with Crippen LogP contribution in [0.5, 0.6) is 0 Å². The summed E-state index contributed by atoms with van der Waals surface area (Å²) in [5.41, 5.74) is 1.64. The van der Waals surface area contributed by atoms with Crippen LogP contribution >= 0.6 is 15.9 Å². The van der Waals surface area contributed by atoms with E-state index in [4.69, 9.17) is 5.11 Å². The SMILES string of the molecule is Cc1nn(C)c(CNC(=O)NC(C)C(=O)O)c1Br. The van der Waals surface area contributed by atoms with Crippen molar-refractivity contribution in [3.63, 3.8) is 0 Å². The van der Waals surface area contributed by atoms with E-state index in [1.165, 1.54) is 6.92 Å². The first-order valence-corrected chi connectivity index (χ1v) is 6.07. The highest BCUT2D eigenvalue weighted by atomic mass is 79.9. The third-order valence-electron chi connectivity index (χ3n) is 2.40. The summed E-state index contributed by atoms with van der Waals surface area (Å²) in [5.74, 6) is -1.08. The van der Waals surface area contributed by atoms with E-state index in [1.54, 1.807) is 11.7 Å². The molecule has 0 saturated carbocycles. The number of urea groups is 1. The van der Waals surface area contributed by atoms with Gasteiger partial charge >= 0.3 is 12.0 Å². The van der Waals surface area contributed by atoms with Gasteiger partial charge in [-0.1, -0.05) is 0 Å². The van der Waals surface area contributed by atoms with Crippen LogP contribution in [-0.4, -0.2) is 32.9 Å². The van der Waals surface area contributed by atoms with Crippen LogP contribution in [0.3, 0.4) is 0 Å². The maximum atomic E-state index is 11.4. The van der Waals surface area contributed by atoms with Gasteiger partial charge in [-0.25, -0.2) is 4.79 Å². The molecule has 18 heavy (non-hydrogen) atoms. The highest BCUT2D eigenvalue weighted by Gasteiger charge is 2.15. The van der Waals surface area contributed by atoms with Crippen molar-refractivity contribution in [3.8, 4) is 0 Å². The second-order valence-corrected chi connectivity index (χ2v) is 4.65. The Morgan fingerprint density at radius 3 is 2.61 bits per heavy atom. The number of nitrogens with zero attached hydrogens (tertiary/aromatic N) is 2. The maximum Gasteiger partial charge on any atom is 0.325 e. The van der Waals surface area contributed by atoms with Crippen LogP contribution < -0.4 is 10.6 Å². The zero-order valence-corrected chi connectivity index (χ0v) is 11.9. The Labute approximate surface area is 113 Å².